The highest BCUT2D eigenvalue weighted by atomic mass is 16.5. The predicted molar refractivity (Wildman–Crippen MR) is 106 cm³/mol. The van der Waals surface area contributed by atoms with Gasteiger partial charge in [-0.25, -0.2) is 0 Å². The molecule has 6 nitrogen and oxygen atoms in total. The number of hydrogen-bond acceptors (Lipinski definition) is 6. The Hall–Kier alpha value is -3.15. The monoisotopic (exact) mass is 371 g/mol. The van der Waals surface area contributed by atoms with E-state index in [-0.39, 0.29) is 5.78 Å². The zero-order valence-electron chi connectivity index (χ0n) is 16.3. The fraction of sp³-hybridized carbons (Fsp3) is 0.286. The molecule has 144 valence electrons. The van der Waals surface area contributed by atoms with Crippen molar-refractivity contribution in [1.29, 1.82) is 0 Å². The maximum Gasteiger partial charge on any atom is 0.193 e. The second-order valence-corrected chi connectivity index (χ2v) is 5.76. The summed E-state index contributed by atoms with van der Waals surface area (Å²) >= 11 is 0. The summed E-state index contributed by atoms with van der Waals surface area (Å²) in [4.78, 5) is 13.2. The third kappa shape index (κ3) is 4.34. The number of benzene rings is 2. The first kappa shape index (κ1) is 20.2. The first-order valence-electron chi connectivity index (χ1n) is 8.47. The number of anilines is 1. The third-order valence-electron chi connectivity index (χ3n) is 4.20. The lowest BCUT2D eigenvalue weighted by molar-refractivity contribution is 0.102. The van der Waals surface area contributed by atoms with E-state index in [0.717, 1.165) is 5.56 Å². The Bertz CT molecular complexity index is 858. The molecule has 6 heteroatoms. The molecule has 0 atom stereocenters. The minimum atomic E-state index is -0.164. The molecule has 2 aromatic rings. The number of carbonyl (C=O) groups excluding carboxylic acids is 1. The number of ketones is 1. The van der Waals surface area contributed by atoms with Crippen molar-refractivity contribution in [1.82, 2.24) is 0 Å². The maximum absolute atomic E-state index is 13.2. The molecule has 0 radical (unpaired) electrons. The van der Waals surface area contributed by atoms with Crippen molar-refractivity contribution in [3.63, 3.8) is 0 Å². The van der Waals surface area contributed by atoms with Crippen LogP contribution in [0.5, 0.6) is 23.0 Å². The van der Waals surface area contributed by atoms with Gasteiger partial charge in [0.1, 0.15) is 11.5 Å². The van der Waals surface area contributed by atoms with E-state index in [9.17, 15) is 4.79 Å². The first-order valence-corrected chi connectivity index (χ1v) is 8.47. The van der Waals surface area contributed by atoms with Crippen molar-refractivity contribution < 1.29 is 23.7 Å². The van der Waals surface area contributed by atoms with Gasteiger partial charge in [-0.1, -0.05) is 13.0 Å². The lowest BCUT2D eigenvalue weighted by atomic mass is 9.97. The maximum atomic E-state index is 13.2. The number of methoxy groups -OCH3 is 4. The highest BCUT2D eigenvalue weighted by molar-refractivity contribution is 6.13. The molecule has 0 aromatic heterocycles. The van der Waals surface area contributed by atoms with Crippen LogP contribution in [-0.4, -0.2) is 34.2 Å². The summed E-state index contributed by atoms with van der Waals surface area (Å²) in [6.45, 7) is 1.92. The Morgan fingerprint density at radius 3 is 2.22 bits per heavy atom. The standard InChI is InChI=1S/C21H25NO5/c1-6-14(9-13-7-8-17(22)18(10-13)25-3)20(23)16-11-15(24-2)12-19(26-4)21(16)27-5/h7-12H,6,22H2,1-5H3. The van der Waals surface area contributed by atoms with Crippen LogP contribution < -0.4 is 24.7 Å². The first-order chi connectivity index (χ1) is 13.0. The number of rotatable bonds is 8. The van der Waals surface area contributed by atoms with E-state index in [0.29, 0.717) is 46.2 Å². The Kier molecular flexibility index (Phi) is 6.71. The second-order valence-electron chi connectivity index (χ2n) is 5.76. The fourth-order valence-electron chi connectivity index (χ4n) is 2.75. The summed E-state index contributed by atoms with van der Waals surface area (Å²) in [6.07, 6.45) is 2.35. The van der Waals surface area contributed by atoms with Crippen LogP contribution in [0.1, 0.15) is 29.3 Å². The summed E-state index contributed by atoms with van der Waals surface area (Å²) in [6, 6.07) is 8.70. The van der Waals surface area contributed by atoms with Crippen molar-refractivity contribution in [2.75, 3.05) is 34.2 Å². The summed E-state index contributed by atoms with van der Waals surface area (Å²) in [5, 5.41) is 0. The Labute approximate surface area is 159 Å². The molecule has 2 aromatic carbocycles. The van der Waals surface area contributed by atoms with Gasteiger partial charge in [0.2, 0.25) is 0 Å². The van der Waals surface area contributed by atoms with E-state index in [2.05, 4.69) is 0 Å². The van der Waals surface area contributed by atoms with E-state index < -0.39 is 0 Å². The molecule has 27 heavy (non-hydrogen) atoms. The van der Waals surface area contributed by atoms with E-state index in [1.54, 1.807) is 31.4 Å². The molecule has 2 N–H and O–H groups in total. The number of ether oxygens (including phenoxy) is 4. The molecule has 0 aliphatic heterocycles. The van der Waals surface area contributed by atoms with E-state index in [4.69, 9.17) is 24.7 Å². The van der Waals surface area contributed by atoms with Gasteiger partial charge in [0.05, 0.1) is 39.7 Å². The van der Waals surface area contributed by atoms with Gasteiger partial charge in [-0.3, -0.25) is 4.79 Å². The van der Waals surface area contributed by atoms with Gasteiger partial charge in [-0.15, -0.1) is 0 Å². The van der Waals surface area contributed by atoms with Crippen LogP contribution in [0.2, 0.25) is 0 Å². The van der Waals surface area contributed by atoms with Crippen LogP contribution in [0.4, 0.5) is 5.69 Å². The summed E-state index contributed by atoms with van der Waals surface area (Å²) in [7, 11) is 6.11. The molecule has 0 aliphatic carbocycles. The van der Waals surface area contributed by atoms with Crippen molar-refractivity contribution in [2.24, 2.45) is 0 Å². The zero-order valence-corrected chi connectivity index (χ0v) is 16.3. The largest absolute Gasteiger partial charge is 0.497 e. The third-order valence-corrected chi connectivity index (χ3v) is 4.20. The van der Waals surface area contributed by atoms with Crippen LogP contribution in [-0.2, 0) is 0 Å². The van der Waals surface area contributed by atoms with E-state index >= 15 is 0 Å². The second kappa shape index (κ2) is 8.98. The number of nitrogens with two attached hydrogens (primary N) is 1. The Morgan fingerprint density at radius 2 is 1.67 bits per heavy atom. The van der Waals surface area contributed by atoms with Crippen LogP contribution >= 0.6 is 0 Å². The summed E-state index contributed by atoms with van der Waals surface area (Å²) < 4.78 is 21.3. The predicted octanol–water partition coefficient (Wildman–Crippen LogP) is 3.98. The van der Waals surface area contributed by atoms with Gasteiger partial charge in [-0.05, 0) is 36.3 Å². The lowest BCUT2D eigenvalue weighted by Crippen LogP contribution is -2.07. The van der Waals surface area contributed by atoms with Crippen molar-refractivity contribution in [3.8, 4) is 23.0 Å². The van der Waals surface area contributed by atoms with Crippen LogP contribution in [0.25, 0.3) is 6.08 Å². The average Bonchev–Trinajstić information content (AvgIpc) is 2.71. The molecular formula is C21H25NO5. The lowest BCUT2D eigenvalue weighted by Gasteiger charge is -2.15. The van der Waals surface area contributed by atoms with Crippen molar-refractivity contribution in [3.05, 3.63) is 47.0 Å². The molecule has 0 amide bonds. The molecule has 0 saturated heterocycles. The Morgan fingerprint density at radius 1 is 0.963 bits per heavy atom. The van der Waals surface area contributed by atoms with Gasteiger partial charge in [0.15, 0.2) is 17.3 Å². The molecule has 0 aliphatic rings. The van der Waals surface area contributed by atoms with E-state index in [1.807, 2.05) is 19.1 Å². The number of hydrogen-bond donors (Lipinski definition) is 1. The molecule has 0 saturated carbocycles. The Balaban J connectivity index is 2.53. The number of allylic oxidation sites excluding steroid dienone is 1. The normalized spacial score (nSPS) is 11.1. The van der Waals surface area contributed by atoms with Crippen LogP contribution in [0.3, 0.4) is 0 Å². The van der Waals surface area contributed by atoms with Crippen LogP contribution in [0.15, 0.2) is 35.9 Å². The van der Waals surface area contributed by atoms with Gasteiger partial charge < -0.3 is 24.7 Å². The van der Waals surface area contributed by atoms with Gasteiger partial charge in [0.25, 0.3) is 0 Å². The molecule has 0 heterocycles. The summed E-state index contributed by atoms with van der Waals surface area (Å²) in [5.74, 6) is 1.72. The molecule has 0 unspecified atom stereocenters. The van der Waals surface area contributed by atoms with Gasteiger partial charge in [0, 0.05) is 11.6 Å². The smallest absolute Gasteiger partial charge is 0.193 e. The number of carbonyl (C=O) groups is 1. The summed E-state index contributed by atoms with van der Waals surface area (Å²) in [5.41, 5.74) is 8.20. The minimum Gasteiger partial charge on any atom is -0.497 e. The fourth-order valence-corrected chi connectivity index (χ4v) is 2.75. The quantitative estimate of drug-likeness (QED) is 0.429. The topological polar surface area (TPSA) is 80.0 Å². The highest BCUT2D eigenvalue weighted by Crippen LogP contribution is 2.37. The van der Waals surface area contributed by atoms with Gasteiger partial charge >= 0.3 is 0 Å². The van der Waals surface area contributed by atoms with Crippen LogP contribution in [0, 0.1) is 0 Å². The van der Waals surface area contributed by atoms with Crippen molar-refractivity contribution >= 4 is 17.5 Å². The van der Waals surface area contributed by atoms with Gasteiger partial charge in [-0.2, -0.15) is 0 Å². The van der Waals surface area contributed by atoms with Crippen molar-refractivity contribution in [2.45, 2.75) is 13.3 Å². The molecule has 0 fully saturated rings. The molecule has 0 spiro atoms. The average molecular weight is 371 g/mol. The number of nitrogen functional groups attached to an aromatic ring is 1. The SMILES string of the molecule is CCC(=Cc1ccc(N)c(OC)c1)C(=O)c1cc(OC)cc(OC)c1OC. The van der Waals surface area contributed by atoms with E-state index in [1.165, 1.54) is 21.3 Å². The molecule has 0 bridgehead atoms. The minimum absolute atomic E-state index is 0.164. The highest BCUT2D eigenvalue weighted by Gasteiger charge is 2.21. The zero-order chi connectivity index (χ0) is 20.0. The molecule has 2 rings (SSSR count). The number of Topliss-reactive ketones (excluding diaryl/α,β-unsaturated/α-hetero) is 1. The molecular weight excluding hydrogens is 346 g/mol.